The van der Waals surface area contributed by atoms with E-state index in [4.69, 9.17) is 33.2 Å². The summed E-state index contributed by atoms with van der Waals surface area (Å²) in [5.41, 5.74) is -15.4. The molecule has 11 fully saturated rings. The van der Waals surface area contributed by atoms with Crippen LogP contribution in [0.15, 0.2) is 0 Å². The van der Waals surface area contributed by atoms with Gasteiger partial charge in [-0.25, -0.2) is 0 Å². The molecule has 0 aromatic heterocycles. The third kappa shape index (κ3) is 14.7. The predicted octanol–water partition coefficient (Wildman–Crippen LogP) is 13.4. The van der Waals surface area contributed by atoms with Gasteiger partial charge < -0.3 is 48.5 Å². The van der Waals surface area contributed by atoms with Gasteiger partial charge in [0.2, 0.25) is 0 Å². The Morgan fingerprint density at radius 1 is 0.527 bits per heavy atom. The Hall–Kier alpha value is -3.69. The van der Waals surface area contributed by atoms with Gasteiger partial charge in [0, 0.05) is 24.2 Å². The van der Waals surface area contributed by atoms with Crippen molar-refractivity contribution < 1.29 is 125 Å². The van der Waals surface area contributed by atoms with E-state index in [2.05, 4.69) is 6.92 Å². The molecule has 5 heterocycles. The Labute approximate surface area is 524 Å². The van der Waals surface area contributed by atoms with Crippen LogP contribution in [0.4, 0.5) is 52.7 Å². The third-order valence-corrected chi connectivity index (χ3v) is 22.4. The summed E-state index contributed by atoms with van der Waals surface area (Å²) in [7, 11) is 0. The minimum Gasteiger partial charge on any atom is -0.462 e. The first-order chi connectivity index (χ1) is 41.4. The number of aliphatic hydroxyl groups is 3. The minimum absolute atomic E-state index is 0.00956. The van der Waals surface area contributed by atoms with Gasteiger partial charge in [-0.05, 0) is 196 Å². The van der Waals surface area contributed by atoms with E-state index in [-0.39, 0.29) is 65.0 Å². The summed E-state index contributed by atoms with van der Waals surface area (Å²) in [5.74, 6) is -7.18. The van der Waals surface area contributed by atoms with E-state index in [1.165, 1.54) is 46.5 Å². The molecule has 12 atom stereocenters. The SMILES string of the molecule is CCC(C)(C)C(=O)OC1(C2CC3CCC2O3)CCCC1.CCC(C)(C)C(=O)OC12CC3CC(CC(O)(C3)C1)C2.CCC(C)(C)C(=O)OC1C2CC3C(=O)OC1C3O2.CCC(C)(C)C(=O)OC1CC(C(O)(C(F)(F)F)C(F)(F)F)CC(C(O)(C(F)(F)F)C(F)(F)F)C1. The highest BCUT2D eigenvalue weighted by Gasteiger charge is 2.79. The van der Waals surface area contributed by atoms with E-state index in [0.29, 0.717) is 49.2 Å². The molecule has 0 aromatic carbocycles. The molecule has 0 spiro atoms. The normalized spacial score (nSPS) is 34.2. The summed E-state index contributed by atoms with van der Waals surface area (Å²) in [5, 5.41) is 29.9. The molecule has 11 aliphatic rings. The van der Waals surface area contributed by atoms with E-state index in [1.807, 2.05) is 55.4 Å². The molecule has 5 aliphatic heterocycles. The van der Waals surface area contributed by atoms with Crippen molar-refractivity contribution in [3.05, 3.63) is 0 Å². The number of fused-ring (bicyclic) bond motifs is 3. The van der Waals surface area contributed by atoms with Gasteiger partial charge in [0.25, 0.3) is 11.2 Å². The van der Waals surface area contributed by atoms with Crippen molar-refractivity contribution in [3.8, 4) is 0 Å². The second kappa shape index (κ2) is 25.7. The van der Waals surface area contributed by atoms with Gasteiger partial charge in [-0.15, -0.1) is 0 Å². The van der Waals surface area contributed by atoms with Crippen LogP contribution in [0.3, 0.4) is 0 Å². The van der Waals surface area contributed by atoms with Gasteiger partial charge in [0.1, 0.15) is 23.4 Å². The van der Waals surface area contributed by atoms with E-state index < -0.39 is 113 Å². The van der Waals surface area contributed by atoms with Crippen LogP contribution >= 0.6 is 0 Å². The van der Waals surface area contributed by atoms with Crippen LogP contribution in [0, 0.1) is 57.2 Å². The molecular formula is C64H94F12O15. The predicted molar refractivity (Wildman–Crippen MR) is 299 cm³/mol. The average molecular weight is 1330 g/mol. The van der Waals surface area contributed by atoms with Gasteiger partial charge in [-0.1, -0.05) is 27.7 Å². The molecular weight excluding hydrogens is 1240 g/mol. The summed E-state index contributed by atoms with van der Waals surface area (Å²) < 4.78 is 199. The van der Waals surface area contributed by atoms with Crippen LogP contribution in [0.25, 0.3) is 0 Å². The fourth-order valence-electron chi connectivity index (χ4n) is 15.5. The number of rotatable bonds is 15. The Balaban J connectivity index is 0.000000178. The third-order valence-electron chi connectivity index (χ3n) is 22.4. The van der Waals surface area contributed by atoms with Crippen molar-refractivity contribution in [2.45, 2.75) is 313 Å². The van der Waals surface area contributed by atoms with Gasteiger partial charge in [0.15, 0.2) is 12.2 Å². The van der Waals surface area contributed by atoms with Crippen LogP contribution < -0.4 is 0 Å². The summed E-state index contributed by atoms with van der Waals surface area (Å²) in [6, 6.07) is 0. The van der Waals surface area contributed by atoms with Crippen molar-refractivity contribution in [2.75, 3.05) is 0 Å². The summed E-state index contributed by atoms with van der Waals surface area (Å²) in [6.45, 7) is 21.4. The maximum atomic E-state index is 13.3. The number of alkyl halides is 12. The monoisotopic (exact) mass is 1330 g/mol. The van der Waals surface area contributed by atoms with E-state index in [0.717, 1.165) is 64.2 Å². The molecule has 3 N–H and O–H groups in total. The Morgan fingerprint density at radius 2 is 0.967 bits per heavy atom. The van der Waals surface area contributed by atoms with Crippen LogP contribution in [0.1, 0.15) is 218 Å². The molecule has 0 radical (unpaired) electrons. The van der Waals surface area contributed by atoms with Crippen LogP contribution in [0.2, 0.25) is 0 Å². The zero-order valence-corrected chi connectivity index (χ0v) is 54.1. The molecule has 6 saturated carbocycles. The van der Waals surface area contributed by atoms with Gasteiger partial charge in [-0.2, -0.15) is 52.7 Å². The fourth-order valence-corrected chi connectivity index (χ4v) is 15.5. The fraction of sp³-hybridized carbons (Fsp3) is 0.922. The molecule has 0 aromatic rings. The lowest BCUT2D eigenvalue weighted by molar-refractivity contribution is -0.405. The van der Waals surface area contributed by atoms with Crippen molar-refractivity contribution in [1.82, 2.24) is 0 Å². The molecule has 12 unspecified atom stereocenters. The van der Waals surface area contributed by atoms with E-state index >= 15 is 0 Å². The zero-order valence-electron chi connectivity index (χ0n) is 54.1. The lowest BCUT2D eigenvalue weighted by Gasteiger charge is -2.59. The average Bonchev–Trinajstić information content (AvgIpc) is 1.47. The molecule has 0 amide bonds. The standard InChI is InChI=1S/C18H22F12O4.C17H28O3.C16H26O3.C13H18O5/c1-4-12(2,3)11(31)34-10-6-8(13(32,15(19,20)21)16(22,23)24)5-9(7-10)14(33,17(25,26)27)18(28,29)30;1-4-16(2,3)15(18)20-17(9-5-6-10-17)13-11-12-7-8-14(13)19-12;1-4-14(2,3)13(17)19-16-8-11-5-12(9-16)7-15(18,6-11)10-16;1-4-13(2,3)12(15)18-9-7-5-6-8(16-7)10(9)17-11(6)14/h8-10,32-33H,4-7H2,1-3H3;12-14H,4-11H2,1-3H3;11-12,18H,4-10H2,1-3H3;6-10H,4-5H2,1-3H3. The number of hydrogen-bond donors (Lipinski definition) is 3. The molecule has 15 nitrogen and oxygen atoms in total. The van der Waals surface area contributed by atoms with Crippen molar-refractivity contribution in [3.63, 3.8) is 0 Å². The molecule has 5 saturated heterocycles. The smallest absolute Gasteiger partial charge is 0.426 e. The molecule has 11 rings (SSSR count). The van der Waals surface area contributed by atoms with Crippen molar-refractivity contribution >= 4 is 29.8 Å². The topological polar surface area (TPSA) is 211 Å². The highest BCUT2D eigenvalue weighted by molar-refractivity contribution is 5.79. The van der Waals surface area contributed by atoms with Gasteiger partial charge >= 0.3 is 54.6 Å². The molecule has 91 heavy (non-hydrogen) atoms. The zero-order chi connectivity index (χ0) is 68.7. The summed E-state index contributed by atoms with van der Waals surface area (Å²) in [6.07, 6.45) is -17.9. The lowest BCUT2D eigenvalue weighted by atomic mass is 9.52. The molecule has 8 bridgehead atoms. The highest BCUT2D eigenvalue weighted by atomic mass is 19.4. The number of carbonyl (C=O) groups is 5. The molecule has 524 valence electrons. The second-order valence-electron chi connectivity index (χ2n) is 30.5. The quantitative estimate of drug-likeness (QED) is 0.0791. The van der Waals surface area contributed by atoms with Crippen LogP contribution in [0.5, 0.6) is 0 Å². The number of hydrogen-bond acceptors (Lipinski definition) is 15. The number of esters is 5. The Morgan fingerprint density at radius 3 is 1.37 bits per heavy atom. The van der Waals surface area contributed by atoms with Crippen LogP contribution in [-0.4, -0.2) is 141 Å². The van der Waals surface area contributed by atoms with Crippen LogP contribution in [-0.2, 0) is 57.1 Å². The largest absolute Gasteiger partial charge is 0.462 e. The maximum Gasteiger partial charge on any atom is 0.426 e. The molecule has 27 heteroatoms. The van der Waals surface area contributed by atoms with E-state index in [9.17, 15) is 92.0 Å². The van der Waals surface area contributed by atoms with Gasteiger partial charge in [-0.3, -0.25) is 24.0 Å². The first-order valence-electron chi connectivity index (χ1n) is 32.3. The summed E-state index contributed by atoms with van der Waals surface area (Å²) in [4.78, 5) is 60.8. The second-order valence-corrected chi connectivity index (χ2v) is 30.5. The highest BCUT2D eigenvalue weighted by Crippen LogP contribution is 2.61. The van der Waals surface area contributed by atoms with Crippen molar-refractivity contribution in [1.29, 1.82) is 0 Å². The number of carbonyl (C=O) groups excluding carboxylic acids is 5. The summed E-state index contributed by atoms with van der Waals surface area (Å²) >= 11 is 0. The van der Waals surface area contributed by atoms with Crippen molar-refractivity contribution in [2.24, 2.45) is 57.2 Å². The number of halogens is 12. The Kier molecular flexibility index (Phi) is 21.1. The number of ether oxygens (including phenoxy) is 7. The Bertz CT molecular complexity index is 2540. The first-order valence-corrected chi connectivity index (χ1v) is 32.3. The van der Waals surface area contributed by atoms with Gasteiger partial charge in [0.05, 0.1) is 51.5 Å². The minimum atomic E-state index is -6.58. The maximum absolute atomic E-state index is 13.3. The molecule has 6 aliphatic carbocycles. The first kappa shape index (κ1) is 74.7. The lowest BCUT2D eigenvalue weighted by Crippen LogP contribution is -2.67. The van der Waals surface area contributed by atoms with E-state index in [1.54, 1.807) is 0 Å².